The van der Waals surface area contributed by atoms with Crippen molar-refractivity contribution in [1.29, 1.82) is 0 Å². The number of H-pyrrole nitrogens is 1. The lowest BCUT2D eigenvalue weighted by Crippen LogP contribution is -2.36. The van der Waals surface area contributed by atoms with Gasteiger partial charge in [-0.3, -0.25) is 14.8 Å². The molecule has 1 aliphatic rings. The van der Waals surface area contributed by atoms with Crippen LogP contribution >= 0.6 is 23.1 Å². The number of morpholine rings is 1. The van der Waals surface area contributed by atoms with Crippen molar-refractivity contribution < 1.29 is 9.53 Å². The summed E-state index contributed by atoms with van der Waals surface area (Å²) in [5.41, 5.74) is 2.40. The number of hydrogen-bond donors (Lipinski definition) is 2. The molecular formula is C20H23N5O2S2. The van der Waals surface area contributed by atoms with E-state index in [0.29, 0.717) is 11.7 Å². The number of thioether (sulfide) groups is 1. The van der Waals surface area contributed by atoms with Crippen LogP contribution in [0.25, 0.3) is 10.7 Å². The molecule has 152 valence electrons. The van der Waals surface area contributed by atoms with Crippen LogP contribution in [-0.2, 0) is 22.6 Å². The van der Waals surface area contributed by atoms with Gasteiger partial charge in [-0.05, 0) is 22.6 Å². The molecule has 1 aromatic carbocycles. The van der Waals surface area contributed by atoms with E-state index in [-0.39, 0.29) is 11.7 Å². The highest BCUT2D eigenvalue weighted by Gasteiger charge is 2.14. The molecule has 0 spiro atoms. The van der Waals surface area contributed by atoms with Crippen LogP contribution in [-0.4, -0.2) is 58.0 Å². The number of carbonyl (C=O) groups is 1. The smallest absolute Gasteiger partial charge is 0.230 e. The summed E-state index contributed by atoms with van der Waals surface area (Å²) in [5, 5.41) is 12.7. The van der Waals surface area contributed by atoms with Crippen LogP contribution < -0.4 is 5.32 Å². The molecule has 1 aliphatic heterocycles. The van der Waals surface area contributed by atoms with Gasteiger partial charge in [0.2, 0.25) is 11.1 Å². The average molecular weight is 430 g/mol. The van der Waals surface area contributed by atoms with E-state index in [0.717, 1.165) is 49.1 Å². The van der Waals surface area contributed by atoms with Gasteiger partial charge in [-0.25, -0.2) is 4.98 Å². The number of hydrogen-bond acceptors (Lipinski definition) is 7. The number of carbonyl (C=O) groups excluding carboxylic acids is 1. The van der Waals surface area contributed by atoms with Crippen molar-refractivity contribution in [1.82, 2.24) is 25.4 Å². The number of benzene rings is 1. The molecular weight excluding hydrogens is 406 g/mol. The summed E-state index contributed by atoms with van der Waals surface area (Å²) in [6.45, 7) is 4.86. The van der Waals surface area contributed by atoms with Crippen molar-refractivity contribution in [3.05, 3.63) is 52.9 Å². The van der Waals surface area contributed by atoms with Crippen LogP contribution in [0.1, 0.15) is 11.1 Å². The van der Waals surface area contributed by atoms with E-state index in [1.807, 2.05) is 29.6 Å². The Hall–Kier alpha value is -2.20. The Morgan fingerprint density at radius 2 is 2.03 bits per heavy atom. The molecule has 29 heavy (non-hydrogen) atoms. The molecule has 9 heteroatoms. The quantitative estimate of drug-likeness (QED) is 0.536. The van der Waals surface area contributed by atoms with E-state index in [9.17, 15) is 4.79 Å². The van der Waals surface area contributed by atoms with Gasteiger partial charge < -0.3 is 10.1 Å². The summed E-state index contributed by atoms with van der Waals surface area (Å²) in [7, 11) is 0. The van der Waals surface area contributed by atoms with Gasteiger partial charge in [0.1, 0.15) is 0 Å². The molecule has 0 saturated carbocycles. The Labute approximate surface area is 177 Å². The summed E-state index contributed by atoms with van der Waals surface area (Å²) in [6, 6.07) is 12.2. The maximum absolute atomic E-state index is 12.3. The zero-order valence-electron chi connectivity index (χ0n) is 16.0. The highest BCUT2D eigenvalue weighted by molar-refractivity contribution is 7.99. The fourth-order valence-electron chi connectivity index (χ4n) is 3.09. The number of nitrogens with zero attached hydrogens (tertiary/aromatic N) is 3. The van der Waals surface area contributed by atoms with E-state index in [4.69, 9.17) is 4.74 Å². The number of thiophene rings is 1. The first kappa shape index (κ1) is 20.1. The Morgan fingerprint density at radius 1 is 1.21 bits per heavy atom. The fraction of sp³-hybridized carbons (Fsp3) is 0.350. The molecule has 0 radical (unpaired) electrons. The molecule has 0 unspecified atom stereocenters. The van der Waals surface area contributed by atoms with Gasteiger partial charge in [-0.15, -0.1) is 16.4 Å². The lowest BCUT2D eigenvalue weighted by Gasteiger charge is -2.27. The highest BCUT2D eigenvalue weighted by Crippen LogP contribution is 2.23. The standard InChI is InChI=1S/C20H23N5O2S2/c26-18(14-29-20-22-19(23-24-20)17-6-3-11-28-17)21-12-15-4-1-2-5-16(15)13-25-7-9-27-10-8-25/h1-6,11H,7-10,12-14H2,(H,21,26)(H,22,23,24). The van der Waals surface area contributed by atoms with Crippen molar-refractivity contribution in [2.45, 2.75) is 18.2 Å². The van der Waals surface area contributed by atoms with E-state index in [1.165, 1.54) is 17.3 Å². The van der Waals surface area contributed by atoms with Crippen molar-refractivity contribution in [3.8, 4) is 10.7 Å². The number of nitrogens with one attached hydrogen (secondary N) is 2. The van der Waals surface area contributed by atoms with Gasteiger partial charge in [0.05, 0.1) is 23.8 Å². The molecule has 2 aromatic heterocycles. The first-order valence-corrected chi connectivity index (χ1v) is 11.4. The second kappa shape index (κ2) is 10.0. The molecule has 4 rings (SSSR count). The molecule has 1 amide bonds. The van der Waals surface area contributed by atoms with Crippen LogP contribution in [0.5, 0.6) is 0 Å². The van der Waals surface area contributed by atoms with Gasteiger partial charge in [-0.2, -0.15) is 0 Å². The summed E-state index contributed by atoms with van der Waals surface area (Å²) in [5.74, 6) is 0.992. The Kier molecular flexibility index (Phi) is 6.94. The molecule has 0 aliphatic carbocycles. The van der Waals surface area contributed by atoms with E-state index in [2.05, 4.69) is 37.5 Å². The Balaban J connectivity index is 1.26. The maximum Gasteiger partial charge on any atom is 0.230 e. The number of aromatic amines is 1. The maximum atomic E-state index is 12.3. The molecule has 7 nitrogen and oxygen atoms in total. The third-order valence-corrected chi connectivity index (χ3v) is 6.37. The predicted molar refractivity (Wildman–Crippen MR) is 115 cm³/mol. The van der Waals surface area contributed by atoms with Gasteiger partial charge in [-0.1, -0.05) is 42.1 Å². The van der Waals surface area contributed by atoms with Crippen molar-refractivity contribution in [2.75, 3.05) is 32.1 Å². The zero-order valence-corrected chi connectivity index (χ0v) is 17.6. The zero-order chi connectivity index (χ0) is 19.9. The van der Waals surface area contributed by atoms with Gasteiger partial charge in [0, 0.05) is 26.2 Å². The molecule has 0 bridgehead atoms. The fourth-order valence-corrected chi connectivity index (χ4v) is 4.39. The number of aromatic nitrogens is 3. The van der Waals surface area contributed by atoms with Gasteiger partial charge in [0.25, 0.3) is 0 Å². The predicted octanol–water partition coefficient (Wildman–Crippen LogP) is 2.77. The summed E-state index contributed by atoms with van der Waals surface area (Å²) in [4.78, 5) is 20.2. The second-order valence-corrected chi connectivity index (χ2v) is 8.56. The second-order valence-electron chi connectivity index (χ2n) is 6.67. The lowest BCUT2D eigenvalue weighted by atomic mass is 10.1. The van der Waals surface area contributed by atoms with Crippen molar-refractivity contribution in [3.63, 3.8) is 0 Å². The molecule has 3 aromatic rings. The Morgan fingerprint density at radius 3 is 2.83 bits per heavy atom. The minimum Gasteiger partial charge on any atom is -0.379 e. The van der Waals surface area contributed by atoms with Crippen LogP contribution in [0, 0.1) is 0 Å². The van der Waals surface area contributed by atoms with Crippen LogP contribution in [0.3, 0.4) is 0 Å². The molecule has 1 fully saturated rings. The van der Waals surface area contributed by atoms with Gasteiger partial charge in [0.15, 0.2) is 5.82 Å². The number of amides is 1. The monoisotopic (exact) mass is 429 g/mol. The lowest BCUT2D eigenvalue weighted by molar-refractivity contribution is -0.118. The molecule has 3 heterocycles. The first-order chi connectivity index (χ1) is 14.3. The molecule has 2 N–H and O–H groups in total. The minimum absolute atomic E-state index is 0.0290. The Bertz CT molecular complexity index is 923. The largest absolute Gasteiger partial charge is 0.379 e. The average Bonchev–Trinajstić information content (AvgIpc) is 3.44. The van der Waals surface area contributed by atoms with Crippen molar-refractivity contribution >= 4 is 29.0 Å². The van der Waals surface area contributed by atoms with Crippen molar-refractivity contribution in [2.24, 2.45) is 0 Å². The van der Waals surface area contributed by atoms with Crippen LogP contribution in [0.15, 0.2) is 46.9 Å². The van der Waals surface area contributed by atoms with Gasteiger partial charge >= 0.3 is 0 Å². The van der Waals surface area contributed by atoms with E-state index < -0.39 is 0 Å². The number of rotatable bonds is 8. The third kappa shape index (κ3) is 5.66. The summed E-state index contributed by atoms with van der Waals surface area (Å²) in [6.07, 6.45) is 0. The number of ether oxygens (including phenoxy) is 1. The van der Waals surface area contributed by atoms with Crippen LogP contribution in [0.2, 0.25) is 0 Å². The van der Waals surface area contributed by atoms with E-state index in [1.54, 1.807) is 11.3 Å². The summed E-state index contributed by atoms with van der Waals surface area (Å²) < 4.78 is 5.42. The summed E-state index contributed by atoms with van der Waals surface area (Å²) >= 11 is 2.93. The SMILES string of the molecule is O=C(CSc1n[nH]c(-c2cccs2)n1)NCc1ccccc1CN1CCOCC1. The van der Waals surface area contributed by atoms with Crippen LogP contribution in [0.4, 0.5) is 0 Å². The normalized spacial score (nSPS) is 14.8. The highest BCUT2D eigenvalue weighted by atomic mass is 32.2. The molecule has 0 atom stereocenters. The topological polar surface area (TPSA) is 83.1 Å². The molecule has 1 saturated heterocycles. The minimum atomic E-state index is -0.0290. The first-order valence-electron chi connectivity index (χ1n) is 9.50. The van der Waals surface area contributed by atoms with E-state index >= 15 is 0 Å². The third-order valence-electron chi connectivity index (χ3n) is 4.64.